The highest BCUT2D eigenvalue weighted by atomic mass is 32.2. The minimum absolute atomic E-state index is 0.271. The van der Waals surface area contributed by atoms with Crippen LogP contribution in [0.2, 0.25) is 0 Å². The number of benzene rings is 2. The normalized spacial score (nSPS) is 14.0. The Kier molecular flexibility index (Phi) is 6.17. The molecule has 0 aliphatic heterocycles. The van der Waals surface area contributed by atoms with E-state index in [1.165, 1.54) is 17.4 Å². The Balaban J connectivity index is 2.16. The van der Waals surface area contributed by atoms with E-state index in [0.29, 0.717) is 6.41 Å². The number of rotatable bonds is 7. The van der Waals surface area contributed by atoms with Crippen molar-refractivity contribution in [2.24, 2.45) is 5.10 Å². The van der Waals surface area contributed by atoms with Crippen molar-refractivity contribution in [2.45, 2.75) is 38.0 Å². The lowest BCUT2D eigenvalue weighted by Crippen LogP contribution is -2.21. The predicted molar refractivity (Wildman–Crippen MR) is 118 cm³/mol. The lowest BCUT2D eigenvalue weighted by atomic mass is 9.87. The molecule has 0 spiro atoms. The zero-order chi connectivity index (χ0) is 21.0. The van der Waals surface area contributed by atoms with Gasteiger partial charge in [0.1, 0.15) is 0 Å². The molecule has 0 saturated heterocycles. The molecule has 29 heavy (non-hydrogen) atoms. The van der Waals surface area contributed by atoms with Crippen LogP contribution in [-0.2, 0) is 21.1 Å². The Hall–Kier alpha value is -2.93. The van der Waals surface area contributed by atoms with Crippen molar-refractivity contribution in [3.8, 4) is 0 Å². The summed E-state index contributed by atoms with van der Waals surface area (Å²) in [6, 6.07) is 12.6. The number of hydrogen-bond acceptors (Lipinski definition) is 5. The van der Waals surface area contributed by atoms with Gasteiger partial charge in [-0.25, -0.2) is 13.4 Å². The van der Waals surface area contributed by atoms with Crippen molar-refractivity contribution in [3.63, 3.8) is 0 Å². The average molecular weight is 412 g/mol. The van der Waals surface area contributed by atoms with Crippen molar-refractivity contribution < 1.29 is 13.2 Å². The molecule has 6 nitrogen and oxygen atoms in total. The number of nitrogens with one attached hydrogen (secondary N) is 1. The number of fused-ring (bicyclic) bond motifs is 1. The van der Waals surface area contributed by atoms with E-state index in [1.807, 2.05) is 30.1 Å². The standard InChI is InChI=1S/C22H25N3O3S/c1-4-16-6-7-17-8-9-18(23-15-26)14-21(17)22(16)25(24-5-2)19-10-12-20(13-11-19)29(3,27)28/h5,8-15H,4,6-7H2,1-3H3,(H,23,26)/b24-5+. The summed E-state index contributed by atoms with van der Waals surface area (Å²) < 4.78 is 23.6. The number of hydrazone groups is 1. The van der Waals surface area contributed by atoms with Gasteiger partial charge >= 0.3 is 0 Å². The summed E-state index contributed by atoms with van der Waals surface area (Å²) >= 11 is 0. The molecule has 3 rings (SSSR count). The Morgan fingerprint density at radius 2 is 1.86 bits per heavy atom. The maximum absolute atomic E-state index is 11.8. The Labute approximate surface area is 171 Å². The molecule has 0 atom stereocenters. The van der Waals surface area contributed by atoms with Gasteiger partial charge in [0.2, 0.25) is 6.41 Å². The van der Waals surface area contributed by atoms with Crippen LogP contribution in [0.1, 0.15) is 37.8 Å². The predicted octanol–water partition coefficient (Wildman–Crippen LogP) is 4.24. The highest BCUT2D eigenvalue weighted by Gasteiger charge is 2.24. The van der Waals surface area contributed by atoms with Gasteiger partial charge in [-0.05, 0) is 73.7 Å². The molecule has 152 valence electrons. The number of hydrogen-bond donors (Lipinski definition) is 1. The summed E-state index contributed by atoms with van der Waals surface area (Å²) in [5.41, 5.74) is 5.96. The first-order valence-electron chi connectivity index (χ1n) is 9.53. The first kappa shape index (κ1) is 20.8. The third kappa shape index (κ3) is 4.40. The molecular formula is C22H25N3O3S. The number of nitrogens with zero attached hydrogens (tertiary/aromatic N) is 2. The van der Waals surface area contributed by atoms with Crippen molar-refractivity contribution in [1.29, 1.82) is 0 Å². The monoisotopic (exact) mass is 411 g/mol. The molecular weight excluding hydrogens is 386 g/mol. The van der Waals surface area contributed by atoms with E-state index in [1.54, 1.807) is 30.5 Å². The molecule has 0 radical (unpaired) electrons. The van der Waals surface area contributed by atoms with Crippen LogP contribution in [0.3, 0.4) is 0 Å². The van der Waals surface area contributed by atoms with Crippen LogP contribution < -0.4 is 10.3 Å². The second-order valence-corrected chi connectivity index (χ2v) is 8.91. The molecule has 2 aromatic carbocycles. The molecule has 0 bridgehead atoms. The molecule has 0 heterocycles. The average Bonchev–Trinajstić information content (AvgIpc) is 2.71. The number of carbonyl (C=O) groups is 1. The van der Waals surface area contributed by atoms with Crippen molar-refractivity contribution in [3.05, 3.63) is 59.2 Å². The zero-order valence-electron chi connectivity index (χ0n) is 16.8. The molecule has 0 fully saturated rings. The Morgan fingerprint density at radius 1 is 1.14 bits per heavy atom. The second-order valence-electron chi connectivity index (χ2n) is 6.89. The third-order valence-corrected chi connectivity index (χ3v) is 6.13. The summed E-state index contributed by atoms with van der Waals surface area (Å²) in [5, 5.41) is 9.17. The maximum atomic E-state index is 11.8. The first-order valence-corrected chi connectivity index (χ1v) is 11.4. The van der Waals surface area contributed by atoms with Crippen LogP contribution in [0.15, 0.2) is 58.0 Å². The second kappa shape index (κ2) is 8.61. The summed E-state index contributed by atoms with van der Waals surface area (Å²) in [6.07, 6.45) is 6.31. The maximum Gasteiger partial charge on any atom is 0.211 e. The number of carbonyl (C=O) groups excluding carboxylic acids is 1. The molecule has 0 aromatic heterocycles. The molecule has 1 N–H and O–H groups in total. The summed E-state index contributed by atoms with van der Waals surface area (Å²) in [7, 11) is -3.27. The number of aryl methyl sites for hydroxylation is 1. The van der Waals surface area contributed by atoms with Crippen LogP contribution in [-0.4, -0.2) is 27.3 Å². The Bertz CT molecular complexity index is 1070. The van der Waals surface area contributed by atoms with E-state index in [9.17, 15) is 13.2 Å². The van der Waals surface area contributed by atoms with Gasteiger partial charge in [0, 0.05) is 23.7 Å². The van der Waals surface area contributed by atoms with E-state index >= 15 is 0 Å². The largest absolute Gasteiger partial charge is 0.329 e. The van der Waals surface area contributed by atoms with Crippen LogP contribution in [0.5, 0.6) is 0 Å². The third-order valence-electron chi connectivity index (χ3n) is 5.00. The van der Waals surface area contributed by atoms with Crippen LogP contribution in [0.25, 0.3) is 5.70 Å². The van der Waals surface area contributed by atoms with Gasteiger partial charge in [-0.2, -0.15) is 5.10 Å². The van der Waals surface area contributed by atoms with E-state index < -0.39 is 9.84 Å². The lowest BCUT2D eigenvalue weighted by Gasteiger charge is -2.30. The van der Waals surface area contributed by atoms with Gasteiger partial charge < -0.3 is 5.32 Å². The van der Waals surface area contributed by atoms with Gasteiger partial charge in [0.05, 0.1) is 16.3 Å². The van der Waals surface area contributed by atoms with Crippen molar-refractivity contribution in [1.82, 2.24) is 0 Å². The SMILES string of the molecule is C/C=N/N(C1=C(CC)CCc2ccc(NC=O)cc21)c1ccc(S(C)(=O)=O)cc1. The fraction of sp³-hybridized carbons (Fsp3) is 0.273. The van der Waals surface area contributed by atoms with E-state index in [-0.39, 0.29) is 4.90 Å². The summed E-state index contributed by atoms with van der Waals surface area (Å²) in [5.74, 6) is 0. The number of sulfone groups is 1. The van der Waals surface area contributed by atoms with Crippen molar-refractivity contribution in [2.75, 3.05) is 16.6 Å². The zero-order valence-corrected chi connectivity index (χ0v) is 17.7. The van der Waals surface area contributed by atoms with Crippen LogP contribution in [0, 0.1) is 0 Å². The quantitative estimate of drug-likeness (QED) is 0.420. The fourth-order valence-corrected chi connectivity index (χ4v) is 4.21. The van der Waals surface area contributed by atoms with Gasteiger partial charge in [-0.1, -0.05) is 13.0 Å². The van der Waals surface area contributed by atoms with Gasteiger partial charge in [-0.15, -0.1) is 0 Å². The molecule has 7 heteroatoms. The van der Waals surface area contributed by atoms with Gasteiger partial charge in [0.25, 0.3) is 0 Å². The number of anilines is 2. The van der Waals surface area contributed by atoms with Crippen LogP contribution in [0.4, 0.5) is 11.4 Å². The highest BCUT2D eigenvalue weighted by molar-refractivity contribution is 7.90. The minimum Gasteiger partial charge on any atom is -0.329 e. The van der Waals surface area contributed by atoms with Crippen molar-refractivity contribution >= 4 is 39.5 Å². The molecule has 0 unspecified atom stereocenters. The molecule has 2 aromatic rings. The van der Waals surface area contributed by atoms with E-state index in [0.717, 1.165) is 41.9 Å². The summed E-state index contributed by atoms with van der Waals surface area (Å²) in [6.45, 7) is 3.96. The van der Waals surface area contributed by atoms with E-state index in [4.69, 9.17) is 0 Å². The lowest BCUT2D eigenvalue weighted by molar-refractivity contribution is -0.105. The van der Waals surface area contributed by atoms with Gasteiger partial charge in [0.15, 0.2) is 9.84 Å². The number of allylic oxidation sites excluding steroid dienone is 1. The molecule has 1 aliphatic rings. The fourth-order valence-electron chi connectivity index (χ4n) is 3.58. The topological polar surface area (TPSA) is 78.8 Å². The number of amides is 1. The highest BCUT2D eigenvalue weighted by Crippen LogP contribution is 2.39. The van der Waals surface area contributed by atoms with Crippen LogP contribution >= 0.6 is 0 Å². The Morgan fingerprint density at radius 3 is 2.45 bits per heavy atom. The molecule has 1 aliphatic carbocycles. The summed E-state index contributed by atoms with van der Waals surface area (Å²) in [4.78, 5) is 11.2. The smallest absolute Gasteiger partial charge is 0.211 e. The molecule has 0 saturated carbocycles. The first-order chi connectivity index (χ1) is 13.9. The van der Waals surface area contributed by atoms with Gasteiger partial charge in [-0.3, -0.25) is 4.79 Å². The minimum atomic E-state index is -3.27. The van der Waals surface area contributed by atoms with E-state index in [2.05, 4.69) is 17.3 Å². The molecule has 1 amide bonds.